The number of nitrogens with two attached hydrogens (primary N) is 1. The van der Waals surface area contributed by atoms with Gasteiger partial charge in [0.25, 0.3) is 0 Å². The van der Waals surface area contributed by atoms with Crippen molar-refractivity contribution in [1.82, 2.24) is 0 Å². The molecule has 3 N–H and O–H groups in total. The summed E-state index contributed by atoms with van der Waals surface area (Å²) in [5.41, 5.74) is 9.38. The van der Waals surface area contributed by atoms with Crippen molar-refractivity contribution in [3.05, 3.63) is 28.3 Å². The van der Waals surface area contributed by atoms with Crippen LogP contribution in [0.3, 0.4) is 0 Å². The number of nitrogen functional groups attached to an aromatic ring is 1. The Bertz CT molecular complexity index is 383. The number of hydrogen-bond acceptors (Lipinski definition) is 2. The molecule has 3 nitrogen and oxygen atoms in total. The van der Waals surface area contributed by atoms with E-state index in [2.05, 4.69) is 0 Å². The molecule has 0 spiro atoms. The van der Waals surface area contributed by atoms with Gasteiger partial charge in [-0.05, 0) is 43.0 Å². The summed E-state index contributed by atoms with van der Waals surface area (Å²) in [5.74, 6) is -0.962. The topological polar surface area (TPSA) is 63.3 Å². The first-order valence-electron chi connectivity index (χ1n) is 4.60. The lowest BCUT2D eigenvalue weighted by atomic mass is 9.95. The van der Waals surface area contributed by atoms with Crippen LogP contribution in [0, 0.1) is 13.8 Å². The molecule has 0 amide bonds. The quantitative estimate of drug-likeness (QED) is 0.707. The summed E-state index contributed by atoms with van der Waals surface area (Å²) in [5, 5.41) is 8.90. The third-order valence-electron chi connectivity index (χ3n) is 2.57. The van der Waals surface area contributed by atoms with Crippen molar-refractivity contribution >= 4 is 11.7 Å². The van der Waals surface area contributed by atoms with Crippen LogP contribution in [0.4, 0.5) is 5.69 Å². The molecule has 0 fully saturated rings. The molecule has 0 heterocycles. The number of hydrogen-bond donors (Lipinski definition) is 2. The Kier molecular flexibility index (Phi) is 2.79. The zero-order chi connectivity index (χ0) is 10.9. The Morgan fingerprint density at radius 2 is 2.07 bits per heavy atom. The molecule has 0 aliphatic rings. The molecule has 0 saturated heterocycles. The van der Waals surface area contributed by atoms with Gasteiger partial charge in [-0.25, -0.2) is 4.79 Å². The molecule has 1 aromatic carbocycles. The van der Waals surface area contributed by atoms with E-state index in [-0.39, 0.29) is 5.56 Å². The Labute approximate surface area is 83.6 Å². The lowest BCUT2D eigenvalue weighted by Crippen LogP contribution is -2.07. The van der Waals surface area contributed by atoms with Gasteiger partial charge in [-0.3, -0.25) is 0 Å². The van der Waals surface area contributed by atoms with Gasteiger partial charge in [0.15, 0.2) is 0 Å². The van der Waals surface area contributed by atoms with Crippen LogP contribution in [0.1, 0.15) is 34.0 Å². The third-order valence-corrected chi connectivity index (χ3v) is 2.57. The maximum Gasteiger partial charge on any atom is 0.337 e. The zero-order valence-corrected chi connectivity index (χ0v) is 8.72. The standard InChI is InChI=1S/C11H15NO2/c1-4-8-6(2)5-9(11(13)14)10(12)7(8)3/h5H,4,12H2,1-3H3,(H,13,14). The van der Waals surface area contributed by atoms with Crippen LogP contribution in [-0.4, -0.2) is 11.1 Å². The van der Waals surface area contributed by atoms with Crippen molar-refractivity contribution in [3.8, 4) is 0 Å². The number of anilines is 1. The van der Waals surface area contributed by atoms with E-state index < -0.39 is 5.97 Å². The van der Waals surface area contributed by atoms with Gasteiger partial charge in [0, 0.05) is 5.69 Å². The number of carboxylic acid groups (broad SMARTS) is 1. The fraction of sp³-hybridized carbons (Fsp3) is 0.364. The van der Waals surface area contributed by atoms with Gasteiger partial charge in [0.05, 0.1) is 5.56 Å². The third kappa shape index (κ3) is 1.58. The first-order chi connectivity index (χ1) is 6.49. The van der Waals surface area contributed by atoms with Crippen molar-refractivity contribution in [2.75, 3.05) is 5.73 Å². The number of rotatable bonds is 2. The molecule has 1 aromatic rings. The molecular formula is C11H15NO2. The predicted molar refractivity (Wildman–Crippen MR) is 56.7 cm³/mol. The highest BCUT2D eigenvalue weighted by Crippen LogP contribution is 2.25. The molecule has 14 heavy (non-hydrogen) atoms. The predicted octanol–water partition coefficient (Wildman–Crippen LogP) is 2.15. The molecule has 76 valence electrons. The van der Waals surface area contributed by atoms with Crippen LogP contribution in [-0.2, 0) is 6.42 Å². The van der Waals surface area contributed by atoms with E-state index in [0.717, 1.165) is 23.1 Å². The molecule has 1 rings (SSSR count). The van der Waals surface area contributed by atoms with E-state index >= 15 is 0 Å². The first kappa shape index (κ1) is 10.6. The van der Waals surface area contributed by atoms with Gasteiger partial charge >= 0.3 is 5.97 Å². The molecule has 0 aliphatic heterocycles. The van der Waals surface area contributed by atoms with Crippen molar-refractivity contribution in [2.45, 2.75) is 27.2 Å². The van der Waals surface area contributed by atoms with Crippen LogP contribution >= 0.6 is 0 Å². The first-order valence-corrected chi connectivity index (χ1v) is 4.60. The summed E-state index contributed by atoms with van der Waals surface area (Å²) in [4.78, 5) is 10.8. The summed E-state index contributed by atoms with van der Waals surface area (Å²) < 4.78 is 0. The van der Waals surface area contributed by atoms with E-state index in [1.54, 1.807) is 6.07 Å². The summed E-state index contributed by atoms with van der Waals surface area (Å²) in [7, 11) is 0. The lowest BCUT2D eigenvalue weighted by Gasteiger charge is -2.12. The van der Waals surface area contributed by atoms with Gasteiger partial charge < -0.3 is 10.8 Å². The van der Waals surface area contributed by atoms with Gasteiger partial charge in [0.1, 0.15) is 0 Å². The molecule has 0 bridgehead atoms. The fourth-order valence-corrected chi connectivity index (χ4v) is 1.76. The van der Waals surface area contributed by atoms with E-state index in [4.69, 9.17) is 10.8 Å². The van der Waals surface area contributed by atoms with E-state index in [9.17, 15) is 4.79 Å². The SMILES string of the molecule is CCc1c(C)cc(C(=O)O)c(N)c1C. The monoisotopic (exact) mass is 193 g/mol. The van der Waals surface area contributed by atoms with E-state index in [0.29, 0.717) is 5.69 Å². The number of aryl methyl sites for hydroxylation is 1. The molecule has 0 unspecified atom stereocenters. The number of carboxylic acids is 1. The van der Waals surface area contributed by atoms with Gasteiger partial charge in [-0.2, -0.15) is 0 Å². The highest BCUT2D eigenvalue weighted by molar-refractivity contribution is 5.95. The summed E-state index contributed by atoms with van der Waals surface area (Å²) >= 11 is 0. The second kappa shape index (κ2) is 3.70. The molecule has 0 radical (unpaired) electrons. The molecule has 0 aromatic heterocycles. The molecule has 3 heteroatoms. The van der Waals surface area contributed by atoms with Crippen LogP contribution in [0.25, 0.3) is 0 Å². The van der Waals surface area contributed by atoms with E-state index in [1.165, 1.54) is 0 Å². The summed E-state index contributed by atoms with van der Waals surface area (Å²) in [6.07, 6.45) is 0.877. The van der Waals surface area contributed by atoms with Gasteiger partial charge in [-0.15, -0.1) is 0 Å². The molecule has 0 aliphatic carbocycles. The van der Waals surface area contributed by atoms with Crippen molar-refractivity contribution in [2.24, 2.45) is 0 Å². The van der Waals surface area contributed by atoms with Gasteiger partial charge in [-0.1, -0.05) is 6.92 Å². The maximum absolute atomic E-state index is 10.8. The molecule has 0 atom stereocenters. The molecular weight excluding hydrogens is 178 g/mol. The Balaban J connectivity index is 3.47. The normalized spacial score (nSPS) is 10.2. The largest absolute Gasteiger partial charge is 0.478 e. The Morgan fingerprint density at radius 3 is 2.50 bits per heavy atom. The minimum absolute atomic E-state index is 0.206. The minimum atomic E-state index is -0.962. The van der Waals surface area contributed by atoms with Crippen LogP contribution in [0.15, 0.2) is 6.07 Å². The average Bonchev–Trinajstić information content (AvgIpc) is 2.12. The zero-order valence-electron chi connectivity index (χ0n) is 8.72. The Morgan fingerprint density at radius 1 is 1.50 bits per heavy atom. The highest BCUT2D eigenvalue weighted by atomic mass is 16.4. The Hall–Kier alpha value is -1.51. The van der Waals surface area contributed by atoms with Crippen molar-refractivity contribution in [3.63, 3.8) is 0 Å². The minimum Gasteiger partial charge on any atom is -0.478 e. The van der Waals surface area contributed by atoms with E-state index in [1.807, 2.05) is 20.8 Å². The molecule has 0 saturated carbocycles. The van der Waals surface area contributed by atoms with Crippen LogP contribution < -0.4 is 5.73 Å². The highest BCUT2D eigenvalue weighted by Gasteiger charge is 2.13. The van der Waals surface area contributed by atoms with Gasteiger partial charge in [0.2, 0.25) is 0 Å². The number of aromatic carboxylic acids is 1. The van der Waals surface area contributed by atoms with Crippen molar-refractivity contribution < 1.29 is 9.90 Å². The van der Waals surface area contributed by atoms with Crippen molar-refractivity contribution in [1.29, 1.82) is 0 Å². The van der Waals surface area contributed by atoms with Crippen LogP contribution in [0.2, 0.25) is 0 Å². The fourth-order valence-electron chi connectivity index (χ4n) is 1.76. The van der Waals surface area contributed by atoms with Crippen LogP contribution in [0.5, 0.6) is 0 Å². The second-order valence-corrected chi connectivity index (χ2v) is 3.42. The maximum atomic E-state index is 10.8. The number of benzene rings is 1. The summed E-state index contributed by atoms with van der Waals surface area (Å²) in [6, 6.07) is 1.64. The average molecular weight is 193 g/mol. The second-order valence-electron chi connectivity index (χ2n) is 3.42. The lowest BCUT2D eigenvalue weighted by molar-refractivity contribution is 0.0698. The smallest absolute Gasteiger partial charge is 0.337 e. The summed E-state index contributed by atoms with van der Waals surface area (Å²) in [6.45, 7) is 5.82. The number of carbonyl (C=O) groups is 1.